The molecule has 43 heavy (non-hydrogen) atoms. The van der Waals surface area contributed by atoms with E-state index in [1.54, 1.807) is 10.6 Å². The number of thiazole rings is 1. The molecule has 0 bridgehead atoms. The summed E-state index contributed by atoms with van der Waals surface area (Å²) in [6.07, 6.45) is 7.51. The fourth-order valence-electron chi connectivity index (χ4n) is 5.23. The van der Waals surface area contributed by atoms with Crippen LogP contribution in [0.3, 0.4) is 0 Å². The summed E-state index contributed by atoms with van der Waals surface area (Å²) in [7, 11) is 0. The molecule has 1 aliphatic heterocycles. The second kappa shape index (κ2) is 13.2. The van der Waals surface area contributed by atoms with Crippen molar-refractivity contribution in [3.8, 4) is 0 Å². The number of anilines is 1. The predicted octanol–water partition coefficient (Wildman–Crippen LogP) is 3.42. The number of hydrogen-bond donors (Lipinski definition) is 3. The Morgan fingerprint density at radius 2 is 1.93 bits per heavy atom. The van der Waals surface area contributed by atoms with Crippen LogP contribution in [0, 0.1) is 13.8 Å². The van der Waals surface area contributed by atoms with Crippen molar-refractivity contribution in [3.05, 3.63) is 75.2 Å². The van der Waals surface area contributed by atoms with E-state index in [1.165, 1.54) is 11.3 Å². The lowest BCUT2D eigenvalue weighted by Gasteiger charge is -2.21. The first-order chi connectivity index (χ1) is 20.7. The lowest BCUT2D eigenvalue weighted by molar-refractivity contribution is -0.159. The van der Waals surface area contributed by atoms with Gasteiger partial charge in [0.2, 0.25) is 5.95 Å². The van der Waals surface area contributed by atoms with Gasteiger partial charge in [-0.15, -0.1) is 11.3 Å². The quantitative estimate of drug-likeness (QED) is 0.232. The minimum absolute atomic E-state index is 0.0670. The molecule has 0 amide bonds. The number of fused-ring (bicyclic) bond motifs is 2. The van der Waals surface area contributed by atoms with Crippen LogP contribution in [0.5, 0.6) is 0 Å². The topological polar surface area (TPSA) is 168 Å². The molecule has 1 unspecified atom stereocenters. The van der Waals surface area contributed by atoms with Crippen LogP contribution in [-0.4, -0.2) is 76.6 Å². The number of nitrogens with zero attached hydrogens (tertiary/aromatic N) is 6. The Morgan fingerprint density at radius 1 is 1.12 bits per heavy atom. The number of carboxylic acids is 2. The van der Waals surface area contributed by atoms with Crippen molar-refractivity contribution in [1.29, 1.82) is 0 Å². The molecule has 226 valence electrons. The van der Waals surface area contributed by atoms with Gasteiger partial charge in [-0.3, -0.25) is 13.8 Å². The number of aromatic nitrogens is 5. The van der Waals surface area contributed by atoms with Gasteiger partial charge in [-0.1, -0.05) is 0 Å². The molecule has 0 aliphatic carbocycles. The zero-order chi connectivity index (χ0) is 30.5. The number of carboxylic acid groups (broad SMARTS) is 2. The number of likely N-dealkylation sites (tertiary alicyclic amines) is 1. The Morgan fingerprint density at radius 3 is 2.67 bits per heavy atom. The first kappa shape index (κ1) is 29.9. The third-order valence-electron chi connectivity index (χ3n) is 7.40. The Hall–Kier alpha value is -4.56. The lowest BCUT2D eigenvalue weighted by Crippen LogP contribution is -2.31. The molecule has 5 aromatic rings. The first-order valence-electron chi connectivity index (χ1n) is 14.0. The largest absolute Gasteiger partial charge is 0.473 e. The van der Waals surface area contributed by atoms with Crippen LogP contribution in [0.4, 0.5) is 5.95 Å². The molecule has 1 saturated heterocycles. The molecule has 0 saturated carbocycles. The molecule has 13 nitrogen and oxygen atoms in total. The third kappa shape index (κ3) is 7.09. The molecular formula is C29H33N7O6S. The van der Waals surface area contributed by atoms with E-state index in [0.29, 0.717) is 12.6 Å². The van der Waals surface area contributed by atoms with Crippen LogP contribution in [0.1, 0.15) is 42.0 Å². The van der Waals surface area contributed by atoms with Crippen LogP contribution in [0.2, 0.25) is 0 Å². The highest BCUT2D eigenvalue weighted by Gasteiger charge is 2.21. The van der Waals surface area contributed by atoms with Crippen molar-refractivity contribution >= 4 is 45.3 Å². The maximum atomic E-state index is 12.9. The summed E-state index contributed by atoms with van der Waals surface area (Å²) in [6, 6.07) is 8.23. The van der Waals surface area contributed by atoms with E-state index >= 15 is 0 Å². The van der Waals surface area contributed by atoms with Crippen LogP contribution in [0.15, 0.2) is 51.3 Å². The van der Waals surface area contributed by atoms with Gasteiger partial charge < -0.3 is 24.8 Å². The number of furan rings is 1. The molecule has 1 atom stereocenters. The highest BCUT2D eigenvalue weighted by atomic mass is 32.1. The zero-order valence-corrected chi connectivity index (χ0v) is 24.7. The van der Waals surface area contributed by atoms with Gasteiger partial charge in [0.1, 0.15) is 17.0 Å². The third-order valence-corrected chi connectivity index (χ3v) is 8.15. The van der Waals surface area contributed by atoms with E-state index in [9.17, 15) is 4.79 Å². The standard InChI is InChI=1S/C27H31N7O2S.C2H2O4/c1-18-7-8-21(36-18)17-34-24-23(6-3-11-28-24)31-26(34)30-20-5-4-12-32(13-9-20)14-10-22-19(2)29-27-33(25(22)35)15-16-37-27;3-1(4)2(5)6/h3,6-8,11,15-16,20H,4-5,9-10,12-14,17H2,1-2H3,(H,30,31);(H,3,4)(H,5,6). The molecule has 6 rings (SSSR count). The van der Waals surface area contributed by atoms with Gasteiger partial charge in [0.15, 0.2) is 10.6 Å². The van der Waals surface area contributed by atoms with Crippen molar-refractivity contribution in [1.82, 2.24) is 28.8 Å². The van der Waals surface area contributed by atoms with E-state index in [4.69, 9.17) is 29.2 Å². The van der Waals surface area contributed by atoms with Gasteiger partial charge in [0, 0.05) is 48.2 Å². The van der Waals surface area contributed by atoms with Crippen molar-refractivity contribution in [2.75, 3.05) is 25.0 Å². The van der Waals surface area contributed by atoms with Gasteiger partial charge in [0.05, 0.1) is 6.54 Å². The van der Waals surface area contributed by atoms with Gasteiger partial charge in [-0.2, -0.15) is 0 Å². The molecular weight excluding hydrogens is 574 g/mol. The molecule has 0 aromatic carbocycles. The maximum Gasteiger partial charge on any atom is 0.414 e. The Balaban J connectivity index is 0.000000559. The van der Waals surface area contributed by atoms with Crippen LogP contribution < -0.4 is 10.9 Å². The fourth-order valence-corrected chi connectivity index (χ4v) is 5.98. The predicted molar refractivity (Wildman–Crippen MR) is 161 cm³/mol. The number of nitrogens with one attached hydrogen (secondary N) is 1. The normalized spacial score (nSPS) is 15.6. The van der Waals surface area contributed by atoms with E-state index < -0.39 is 11.9 Å². The highest BCUT2D eigenvalue weighted by Crippen LogP contribution is 2.23. The first-order valence-corrected chi connectivity index (χ1v) is 14.8. The number of pyridine rings is 1. The molecule has 1 fully saturated rings. The minimum atomic E-state index is -1.82. The van der Waals surface area contributed by atoms with Crippen molar-refractivity contribution in [3.63, 3.8) is 0 Å². The summed E-state index contributed by atoms with van der Waals surface area (Å²) >= 11 is 1.50. The summed E-state index contributed by atoms with van der Waals surface area (Å²) in [5.74, 6) is -1.03. The Labute approximate surface area is 250 Å². The number of aryl methyl sites for hydroxylation is 2. The highest BCUT2D eigenvalue weighted by molar-refractivity contribution is 7.15. The van der Waals surface area contributed by atoms with Crippen molar-refractivity contribution in [2.24, 2.45) is 0 Å². The number of hydrogen-bond acceptors (Lipinski definition) is 10. The molecule has 5 aromatic heterocycles. The summed E-state index contributed by atoms with van der Waals surface area (Å²) in [5, 5.41) is 20.4. The average Bonchev–Trinajstić information content (AvgIpc) is 3.66. The van der Waals surface area contributed by atoms with Gasteiger partial charge in [0.25, 0.3) is 5.56 Å². The zero-order valence-electron chi connectivity index (χ0n) is 23.9. The summed E-state index contributed by atoms with van der Waals surface area (Å²) in [5.41, 5.74) is 3.47. The van der Waals surface area contributed by atoms with Gasteiger partial charge in [-0.05, 0) is 70.3 Å². The second-order valence-electron chi connectivity index (χ2n) is 10.4. The summed E-state index contributed by atoms with van der Waals surface area (Å²) in [4.78, 5) is 48.4. The Kier molecular flexibility index (Phi) is 9.16. The number of aliphatic carboxylic acids is 2. The maximum absolute atomic E-state index is 12.9. The minimum Gasteiger partial charge on any atom is -0.473 e. The molecule has 0 radical (unpaired) electrons. The monoisotopic (exact) mass is 607 g/mol. The fraction of sp³-hybridized carbons (Fsp3) is 0.379. The van der Waals surface area contributed by atoms with Crippen molar-refractivity contribution in [2.45, 2.75) is 52.1 Å². The molecule has 3 N–H and O–H groups in total. The van der Waals surface area contributed by atoms with Gasteiger partial charge in [-0.25, -0.2) is 24.5 Å². The molecule has 14 heteroatoms. The van der Waals surface area contributed by atoms with E-state index in [2.05, 4.69) is 24.8 Å². The summed E-state index contributed by atoms with van der Waals surface area (Å²) in [6.45, 7) is 7.35. The van der Waals surface area contributed by atoms with E-state index in [1.807, 2.05) is 49.7 Å². The summed E-state index contributed by atoms with van der Waals surface area (Å²) < 4.78 is 9.62. The molecule has 0 spiro atoms. The van der Waals surface area contributed by atoms with Gasteiger partial charge >= 0.3 is 11.9 Å². The smallest absolute Gasteiger partial charge is 0.414 e. The number of carbonyl (C=O) groups is 2. The molecule has 1 aliphatic rings. The van der Waals surface area contributed by atoms with E-state index in [-0.39, 0.29) is 5.56 Å². The van der Waals surface area contributed by atoms with Crippen LogP contribution in [-0.2, 0) is 22.6 Å². The Bertz CT molecular complexity index is 1790. The SMILES string of the molecule is Cc1ccc(Cn2c(NC3CCCN(CCc4c(C)nc5sccn5c4=O)CC3)nc3cccnc32)o1.O=C(O)C(=O)O. The second-order valence-corrected chi connectivity index (χ2v) is 11.3. The number of rotatable bonds is 7. The van der Waals surface area contributed by atoms with Crippen LogP contribution >= 0.6 is 11.3 Å². The van der Waals surface area contributed by atoms with Crippen molar-refractivity contribution < 1.29 is 24.2 Å². The lowest BCUT2D eigenvalue weighted by atomic mass is 10.1. The van der Waals surface area contributed by atoms with Crippen LogP contribution in [0.25, 0.3) is 16.1 Å². The van der Waals surface area contributed by atoms with E-state index in [0.717, 1.165) is 90.2 Å². The number of imidazole rings is 1. The molecule has 6 heterocycles. The average molecular weight is 608 g/mol.